The van der Waals surface area contributed by atoms with Gasteiger partial charge in [-0.3, -0.25) is 0 Å². The van der Waals surface area contributed by atoms with E-state index in [0.29, 0.717) is 0 Å². The van der Waals surface area contributed by atoms with E-state index in [4.69, 9.17) is 10.2 Å². The van der Waals surface area contributed by atoms with Crippen molar-refractivity contribution < 1.29 is 27.6 Å². The summed E-state index contributed by atoms with van der Waals surface area (Å²) in [4.78, 5) is 0. The predicted molar refractivity (Wildman–Crippen MR) is 109 cm³/mol. The van der Waals surface area contributed by atoms with Crippen molar-refractivity contribution in [3.05, 3.63) is 42.0 Å². The second kappa shape index (κ2) is 10.0. The van der Waals surface area contributed by atoms with Crippen LogP contribution in [0.2, 0.25) is 9.26 Å². The maximum atomic E-state index is 9.16. The molecule has 2 N–H and O–H groups in total. The van der Waals surface area contributed by atoms with Gasteiger partial charge in [-0.15, -0.1) is 24.8 Å². The van der Waals surface area contributed by atoms with Crippen LogP contribution in [0.5, 0.6) is 0 Å². The van der Waals surface area contributed by atoms with Crippen LogP contribution in [0.25, 0.3) is 0 Å². The van der Waals surface area contributed by atoms with Crippen LogP contribution in [0.1, 0.15) is 38.5 Å². The van der Waals surface area contributed by atoms with Crippen LogP contribution in [0.4, 0.5) is 0 Å². The summed E-state index contributed by atoms with van der Waals surface area (Å²) < 4.78 is 8.58. The molecule has 0 aromatic rings. The van der Waals surface area contributed by atoms with E-state index >= 15 is 0 Å². The van der Waals surface area contributed by atoms with Crippen molar-refractivity contribution in [2.24, 2.45) is 0 Å². The van der Waals surface area contributed by atoms with Crippen LogP contribution in [0.3, 0.4) is 0 Å². The molecule has 0 saturated heterocycles. The first-order chi connectivity index (χ1) is 10.4. The van der Waals surface area contributed by atoms with Gasteiger partial charge in [0, 0.05) is 0 Å². The van der Waals surface area contributed by atoms with Gasteiger partial charge in [-0.05, 0) is 0 Å². The van der Waals surface area contributed by atoms with Crippen molar-refractivity contribution >= 4 is 31.7 Å². The number of aliphatic hydroxyl groups excluding tert-OH is 2. The summed E-state index contributed by atoms with van der Waals surface area (Å²) in [6.45, 7) is 2.86. The summed E-state index contributed by atoms with van der Waals surface area (Å²) in [7, 11) is 0. The second-order valence-corrected chi connectivity index (χ2v) is 36.3. The average molecular weight is 471 g/mol. The Labute approximate surface area is 161 Å². The third-order valence-electron chi connectivity index (χ3n) is 5.20. The van der Waals surface area contributed by atoms with E-state index in [9.17, 15) is 0 Å². The Hall–Kier alpha value is 0.560. The SMILES string of the molecule is Cl.Cl.[CH3][Zr]([CH3])(=[SiH2])([C]1=C(CCCO)C=CC1)[C]1=C(CCCO)C=CC1. The van der Waals surface area contributed by atoms with Crippen LogP contribution in [-0.4, -0.2) is 30.3 Å². The van der Waals surface area contributed by atoms with Gasteiger partial charge in [0.15, 0.2) is 0 Å². The van der Waals surface area contributed by atoms with Crippen molar-refractivity contribution in [3.63, 3.8) is 0 Å². The molecular weight excluding hydrogens is 438 g/mol. The van der Waals surface area contributed by atoms with Crippen molar-refractivity contribution in [1.29, 1.82) is 0 Å². The summed E-state index contributed by atoms with van der Waals surface area (Å²) in [6, 6.07) is 0. The fourth-order valence-electron chi connectivity index (χ4n) is 3.98. The molecule has 0 radical (unpaired) electrons. The zero-order valence-corrected chi connectivity index (χ0v) is 20.4. The van der Waals surface area contributed by atoms with Gasteiger partial charge in [-0.2, -0.15) is 0 Å². The monoisotopic (exact) mass is 468 g/mol. The molecule has 2 aliphatic rings. The van der Waals surface area contributed by atoms with Gasteiger partial charge in [0.1, 0.15) is 0 Å². The van der Waals surface area contributed by atoms with Gasteiger partial charge in [0.2, 0.25) is 0 Å². The molecule has 0 bridgehead atoms. The number of halogens is 2. The van der Waals surface area contributed by atoms with Crippen molar-refractivity contribution in [2.75, 3.05) is 13.2 Å². The first kappa shape index (κ1) is 24.6. The summed E-state index contributed by atoms with van der Waals surface area (Å²) >= 11 is -3.08. The third-order valence-corrected chi connectivity index (χ3v) is 22.3. The summed E-state index contributed by atoms with van der Waals surface area (Å²) in [5.41, 5.74) is 3.00. The Morgan fingerprint density at radius 2 is 1.25 bits per heavy atom. The van der Waals surface area contributed by atoms with Crippen LogP contribution in [0.15, 0.2) is 42.0 Å². The van der Waals surface area contributed by atoms with Gasteiger partial charge in [0.25, 0.3) is 0 Å². The topological polar surface area (TPSA) is 40.5 Å². The zero-order valence-electron chi connectivity index (χ0n) is 14.9. The number of hydrogen-bond acceptors (Lipinski definition) is 2. The van der Waals surface area contributed by atoms with Gasteiger partial charge in [-0.25, -0.2) is 0 Å². The molecule has 0 amide bonds. The molecule has 0 aliphatic heterocycles. The van der Waals surface area contributed by atoms with E-state index in [1.807, 2.05) is 0 Å². The standard InChI is InChI=1S/2C8H11O.2CH3.2ClH.H2Si.Zr/c2*9-7-3-6-8-4-1-2-5-8;;;;;;/h2*1,4,9H,2-3,6-7H2;2*1H3;2*1H;1H2;. The maximum absolute atomic E-state index is 9.16. The van der Waals surface area contributed by atoms with Crippen LogP contribution < -0.4 is 0 Å². The second-order valence-electron chi connectivity index (χ2n) is 7.56. The Balaban J connectivity index is 0.00000264. The molecule has 0 atom stereocenters. The van der Waals surface area contributed by atoms with Crippen LogP contribution >= 0.6 is 24.8 Å². The molecule has 0 aromatic carbocycles. The van der Waals surface area contributed by atoms with E-state index in [2.05, 4.69) is 40.4 Å². The van der Waals surface area contributed by atoms with Gasteiger partial charge in [0.05, 0.1) is 0 Å². The van der Waals surface area contributed by atoms with E-state index in [1.165, 1.54) is 11.1 Å². The molecule has 0 saturated carbocycles. The summed E-state index contributed by atoms with van der Waals surface area (Å²) in [5, 5.41) is 18.3. The zero-order chi connectivity index (χ0) is 16.2. The minimum atomic E-state index is -3.08. The fraction of sp³-hybridized carbons (Fsp3) is 0.556. The van der Waals surface area contributed by atoms with Gasteiger partial charge >= 0.3 is 138 Å². The summed E-state index contributed by atoms with van der Waals surface area (Å²) in [6.07, 6.45) is 15.2. The van der Waals surface area contributed by atoms with E-state index in [-0.39, 0.29) is 38.0 Å². The number of aliphatic hydroxyl groups is 2. The molecular formula is C18H32Cl2O2SiZr. The Morgan fingerprint density at radius 1 is 0.875 bits per heavy atom. The molecule has 0 heterocycles. The van der Waals surface area contributed by atoms with E-state index < -0.39 is 17.4 Å². The van der Waals surface area contributed by atoms with E-state index in [0.717, 1.165) is 38.5 Å². The van der Waals surface area contributed by atoms with Crippen molar-refractivity contribution in [3.8, 4) is 0 Å². The number of allylic oxidation sites excluding steroid dienone is 8. The summed E-state index contributed by atoms with van der Waals surface area (Å²) in [5.74, 6) is 0. The Morgan fingerprint density at radius 3 is 1.58 bits per heavy atom. The fourth-order valence-corrected chi connectivity index (χ4v) is 19.2. The Bertz CT molecular complexity index is 579. The average Bonchev–Trinajstić information content (AvgIpc) is 3.12. The predicted octanol–water partition coefficient (Wildman–Crippen LogP) is 4.14. The van der Waals surface area contributed by atoms with E-state index in [1.54, 1.807) is 6.56 Å². The molecule has 0 aromatic heterocycles. The molecule has 138 valence electrons. The van der Waals surface area contributed by atoms with Crippen LogP contribution in [0, 0.1) is 0 Å². The molecule has 2 aliphatic carbocycles. The van der Waals surface area contributed by atoms with Gasteiger partial charge in [-0.1, -0.05) is 0 Å². The molecule has 0 unspecified atom stereocenters. The quantitative estimate of drug-likeness (QED) is 0.524. The van der Waals surface area contributed by atoms with Gasteiger partial charge < -0.3 is 0 Å². The first-order valence-electron chi connectivity index (χ1n) is 8.46. The Kier molecular flexibility index (Phi) is 10.3. The van der Waals surface area contributed by atoms with Crippen molar-refractivity contribution in [2.45, 2.75) is 47.8 Å². The normalized spacial score (nSPS) is 17.4. The molecule has 0 fully saturated rings. The molecule has 24 heavy (non-hydrogen) atoms. The van der Waals surface area contributed by atoms with Crippen molar-refractivity contribution in [1.82, 2.24) is 0 Å². The van der Waals surface area contributed by atoms with Crippen LogP contribution in [-0.2, 0) is 17.4 Å². The molecule has 0 spiro atoms. The molecule has 2 rings (SSSR count). The number of rotatable bonds is 8. The molecule has 2 nitrogen and oxygen atoms in total. The number of hydrogen-bond donors (Lipinski definition) is 2. The minimum absolute atomic E-state index is 0. The third kappa shape index (κ3) is 5.28. The molecule has 6 heteroatoms. The first-order valence-corrected chi connectivity index (χ1v) is 21.8.